The van der Waals surface area contributed by atoms with E-state index in [4.69, 9.17) is 4.42 Å². The van der Waals surface area contributed by atoms with Crippen molar-refractivity contribution < 1.29 is 9.21 Å². The molecule has 0 aliphatic rings. The molecule has 0 spiro atoms. The second kappa shape index (κ2) is 11.1. The summed E-state index contributed by atoms with van der Waals surface area (Å²) < 4.78 is 5.89. The maximum absolute atomic E-state index is 12.3. The van der Waals surface area contributed by atoms with Crippen LogP contribution < -0.4 is 5.32 Å². The van der Waals surface area contributed by atoms with E-state index in [1.807, 2.05) is 12.1 Å². The Morgan fingerprint density at radius 1 is 0.875 bits per heavy atom. The molecule has 0 radical (unpaired) electrons. The van der Waals surface area contributed by atoms with Gasteiger partial charge in [0.2, 0.25) is 0 Å². The molecule has 0 aliphatic heterocycles. The predicted molar refractivity (Wildman–Crippen MR) is 130 cm³/mol. The highest BCUT2D eigenvalue weighted by molar-refractivity contribution is 5.91. The lowest BCUT2D eigenvalue weighted by molar-refractivity contribution is 0.0921. The number of hydrogen-bond acceptors (Lipinski definition) is 3. The highest BCUT2D eigenvalue weighted by atomic mass is 16.4. The lowest BCUT2D eigenvalue weighted by Gasteiger charge is -2.23. The minimum Gasteiger partial charge on any atom is -0.455 e. The third-order valence-corrected chi connectivity index (χ3v) is 5.56. The van der Waals surface area contributed by atoms with Crippen molar-refractivity contribution in [1.82, 2.24) is 10.2 Å². The standard InChI is InChI=1S/C28H36N2O2/c1-5-6-18-29-27(31)26-17-16-25(32-26)21-30(19-22-10-8-7-9-11-22)20-23-12-14-24(15-13-23)28(2,3)4/h7-17H,5-6,18-21H2,1-4H3,(H,29,31). The third kappa shape index (κ3) is 7.10. The average Bonchev–Trinajstić information content (AvgIpc) is 3.23. The highest BCUT2D eigenvalue weighted by Crippen LogP contribution is 2.23. The highest BCUT2D eigenvalue weighted by Gasteiger charge is 2.16. The van der Waals surface area contributed by atoms with Gasteiger partial charge in [-0.3, -0.25) is 9.69 Å². The normalized spacial score (nSPS) is 11.7. The van der Waals surface area contributed by atoms with E-state index in [-0.39, 0.29) is 11.3 Å². The molecule has 4 heteroatoms. The molecule has 0 saturated carbocycles. The minimum atomic E-state index is -0.142. The molecule has 1 N–H and O–H groups in total. The number of nitrogens with zero attached hydrogens (tertiary/aromatic N) is 1. The van der Waals surface area contributed by atoms with Crippen LogP contribution in [0.5, 0.6) is 0 Å². The molecule has 0 fully saturated rings. The largest absolute Gasteiger partial charge is 0.455 e. The first-order valence-corrected chi connectivity index (χ1v) is 11.6. The molecule has 170 valence electrons. The lowest BCUT2D eigenvalue weighted by atomic mass is 9.87. The Labute approximate surface area is 192 Å². The van der Waals surface area contributed by atoms with Crippen LogP contribution in [0.3, 0.4) is 0 Å². The molecule has 0 saturated heterocycles. The molecule has 3 rings (SSSR count). The summed E-state index contributed by atoms with van der Waals surface area (Å²) >= 11 is 0. The minimum absolute atomic E-state index is 0.142. The molecule has 2 aromatic carbocycles. The van der Waals surface area contributed by atoms with Crippen molar-refractivity contribution in [2.45, 2.75) is 65.6 Å². The van der Waals surface area contributed by atoms with E-state index in [2.05, 4.69) is 86.4 Å². The summed E-state index contributed by atoms with van der Waals surface area (Å²) in [5, 5.41) is 2.92. The number of unbranched alkanes of at least 4 members (excludes halogenated alkanes) is 1. The van der Waals surface area contributed by atoms with Crippen LogP contribution in [0.25, 0.3) is 0 Å². The van der Waals surface area contributed by atoms with Gasteiger partial charge in [0.25, 0.3) is 5.91 Å². The Morgan fingerprint density at radius 2 is 1.53 bits per heavy atom. The molecule has 32 heavy (non-hydrogen) atoms. The van der Waals surface area contributed by atoms with Gasteiger partial charge in [-0.2, -0.15) is 0 Å². The number of hydrogen-bond donors (Lipinski definition) is 1. The van der Waals surface area contributed by atoms with Gasteiger partial charge in [0, 0.05) is 19.6 Å². The smallest absolute Gasteiger partial charge is 0.286 e. The van der Waals surface area contributed by atoms with Gasteiger partial charge in [0.1, 0.15) is 5.76 Å². The first kappa shape index (κ1) is 23.8. The monoisotopic (exact) mass is 432 g/mol. The van der Waals surface area contributed by atoms with Crippen molar-refractivity contribution >= 4 is 5.91 Å². The van der Waals surface area contributed by atoms with Crippen LogP contribution >= 0.6 is 0 Å². The molecular weight excluding hydrogens is 396 g/mol. The predicted octanol–water partition coefficient (Wildman–Crippen LogP) is 6.31. The zero-order chi connectivity index (χ0) is 23.0. The average molecular weight is 433 g/mol. The molecule has 1 amide bonds. The van der Waals surface area contributed by atoms with Crippen LogP contribution in [0.1, 0.15) is 73.5 Å². The van der Waals surface area contributed by atoms with Gasteiger partial charge in [-0.15, -0.1) is 0 Å². The lowest BCUT2D eigenvalue weighted by Crippen LogP contribution is -2.24. The second-order valence-corrected chi connectivity index (χ2v) is 9.45. The fourth-order valence-corrected chi connectivity index (χ4v) is 3.65. The van der Waals surface area contributed by atoms with Gasteiger partial charge in [0.05, 0.1) is 6.54 Å². The van der Waals surface area contributed by atoms with Crippen LogP contribution in [0, 0.1) is 0 Å². The number of furan rings is 1. The SMILES string of the molecule is CCCCNC(=O)c1ccc(CN(Cc2ccccc2)Cc2ccc(C(C)(C)C)cc2)o1. The second-order valence-electron chi connectivity index (χ2n) is 9.45. The first-order chi connectivity index (χ1) is 15.3. The van der Waals surface area contributed by atoms with E-state index >= 15 is 0 Å². The van der Waals surface area contributed by atoms with Gasteiger partial charge < -0.3 is 9.73 Å². The van der Waals surface area contributed by atoms with E-state index in [0.29, 0.717) is 18.8 Å². The van der Waals surface area contributed by atoms with Gasteiger partial charge in [-0.05, 0) is 40.7 Å². The Kier molecular flexibility index (Phi) is 8.29. The summed E-state index contributed by atoms with van der Waals surface area (Å²) in [5.74, 6) is 1.04. The van der Waals surface area contributed by atoms with Crippen molar-refractivity contribution in [3.63, 3.8) is 0 Å². The Bertz CT molecular complexity index is 969. The molecule has 0 atom stereocenters. The first-order valence-electron chi connectivity index (χ1n) is 11.6. The van der Waals surface area contributed by atoms with Gasteiger partial charge >= 0.3 is 0 Å². The van der Waals surface area contributed by atoms with Crippen LogP contribution in [0.15, 0.2) is 71.1 Å². The molecule has 3 aromatic rings. The van der Waals surface area contributed by atoms with Crippen LogP contribution in [-0.2, 0) is 25.0 Å². The number of nitrogens with one attached hydrogen (secondary N) is 1. The fourth-order valence-electron chi connectivity index (χ4n) is 3.65. The Hall–Kier alpha value is -2.85. The van der Waals surface area contributed by atoms with Crippen molar-refractivity contribution in [1.29, 1.82) is 0 Å². The van der Waals surface area contributed by atoms with E-state index in [1.165, 1.54) is 16.7 Å². The maximum atomic E-state index is 12.3. The maximum Gasteiger partial charge on any atom is 0.286 e. The number of rotatable bonds is 10. The van der Waals surface area contributed by atoms with Gasteiger partial charge in [-0.1, -0.05) is 88.7 Å². The quantitative estimate of drug-likeness (QED) is 0.382. The summed E-state index contributed by atoms with van der Waals surface area (Å²) in [6, 6.07) is 23.0. The van der Waals surface area contributed by atoms with Crippen molar-refractivity contribution in [2.24, 2.45) is 0 Å². The van der Waals surface area contributed by atoms with Gasteiger partial charge in [0.15, 0.2) is 5.76 Å². The molecule has 4 nitrogen and oxygen atoms in total. The van der Waals surface area contributed by atoms with Crippen LogP contribution in [0.4, 0.5) is 0 Å². The number of carbonyl (C=O) groups excluding carboxylic acids is 1. The summed E-state index contributed by atoms with van der Waals surface area (Å²) in [6.07, 6.45) is 2.02. The van der Waals surface area contributed by atoms with E-state index in [0.717, 1.165) is 31.7 Å². The zero-order valence-corrected chi connectivity index (χ0v) is 19.9. The number of amides is 1. The van der Waals surface area contributed by atoms with Gasteiger partial charge in [-0.25, -0.2) is 0 Å². The Morgan fingerprint density at radius 3 is 2.16 bits per heavy atom. The Balaban J connectivity index is 1.71. The number of benzene rings is 2. The van der Waals surface area contributed by atoms with Crippen molar-refractivity contribution in [3.8, 4) is 0 Å². The number of carbonyl (C=O) groups is 1. The molecule has 1 aromatic heterocycles. The fraction of sp³-hybridized carbons (Fsp3) is 0.393. The van der Waals surface area contributed by atoms with Crippen LogP contribution in [-0.4, -0.2) is 17.4 Å². The van der Waals surface area contributed by atoms with Crippen molar-refractivity contribution in [2.75, 3.05) is 6.54 Å². The van der Waals surface area contributed by atoms with E-state index in [9.17, 15) is 4.79 Å². The molecular formula is C28H36N2O2. The molecule has 0 aliphatic carbocycles. The summed E-state index contributed by atoms with van der Waals surface area (Å²) in [7, 11) is 0. The van der Waals surface area contributed by atoms with E-state index in [1.54, 1.807) is 6.07 Å². The summed E-state index contributed by atoms with van der Waals surface area (Å²) in [6.45, 7) is 11.7. The molecule has 0 bridgehead atoms. The summed E-state index contributed by atoms with van der Waals surface area (Å²) in [5.41, 5.74) is 3.99. The zero-order valence-electron chi connectivity index (χ0n) is 19.9. The van der Waals surface area contributed by atoms with Crippen molar-refractivity contribution in [3.05, 3.63) is 94.9 Å². The topological polar surface area (TPSA) is 45.5 Å². The van der Waals surface area contributed by atoms with E-state index < -0.39 is 0 Å². The van der Waals surface area contributed by atoms with Crippen LogP contribution in [0.2, 0.25) is 0 Å². The third-order valence-electron chi connectivity index (χ3n) is 5.56. The molecule has 1 heterocycles. The summed E-state index contributed by atoms with van der Waals surface area (Å²) in [4.78, 5) is 14.6. The molecule has 0 unspecified atom stereocenters.